The van der Waals surface area contributed by atoms with Crippen LogP contribution in [0.3, 0.4) is 0 Å². The van der Waals surface area contributed by atoms with Crippen molar-refractivity contribution in [1.29, 1.82) is 0 Å². The van der Waals surface area contributed by atoms with Crippen LogP contribution < -0.4 is 11.3 Å². The van der Waals surface area contributed by atoms with Crippen LogP contribution in [0.1, 0.15) is 36.4 Å². The van der Waals surface area contributed by atoms with Crippen molar-refractivity contribution in [2.24, 2.45) is 11.8 Å². The van der Waals surface area contributed by atoms with E-state index in [1.807, 2.05) is 19.1 Å². The van der Waals surface area contributed by atoms with Crippen molar-refractivity contribution in [1.82, 2.24) is 5.43 Å². The summed E-state index contributed by atoms with van der Waals surface area (Å²) >= 11 is 6.30. The van der Waals surface area contributed by atoms with Gasteiger partial charge in [-0.15, -0.1) is 0 Å². The number of halogens is 1. The molecule has 15 heavy (non-hydrogen) atoms. The summed E-state index contributed by atoms with van der Waals surface area (Å²) in [6.07, 6.45) is 3.81. The molecule has 0 amide bonds. The molecule has 1 fully saturated rings. The van der Waals surface area contributed by atoms with E-state index in [1.54, 1.807) is 0 Å². The second-order valence-electron chi connectivity index (χ2n) is 4.31. The van der Waals surface area contributed by atoms with Crippen LogP contribution in [0.15, 0.2) is 18.2 Å². The largest absolute Gasteiger partial charge is 0.271 e. The molecule has 2 rings (SSSR count). The van der Waals surface area contributed by atoms with E-state index in [2.05, 4.69) is 11.5 Å². The van der Waals surface area contributed by atoms with Gasteiger partial charge < -0.3 is 0 Å². The van der Waals surface area contributed by atoms with Crippen LogP contribution in [0.25, 0.3) is 0 Å². The third kappa shape index (κ3) is 2.03. The fraction of sp³-hybridized carbons (Fsp3) is 0.500. The minimum absolute atomic E-state index is 0.214. The fourth-order valence-electron chi connectivity index (χ4n) is 2.16. The maximum Gasteiger partial charge on any atom is 0.0502 e. The van der Waals surface area contributed by atoms with E-state index in [-0.39, 0.29) is 6.04 Å². The Labute approximate surface area is 95.8 Å². The molecule has 3 heteroatoms. The highest BCUT2D eigenvalue weighted by molar-refractivity contribution is 6.32. The summed E-state index contributed by atoms with van der Waals surface area (Å²) in [4.78, 5) is 0. The zero-order valence-electron chi connectivity index (χ0n) is 8.96. The van der Waals surface area contributed by atoms with Gasteiger partial charge in [-0.2, -0.15) is 0 Å². The predicted octanol–water partition coefficient (Wildman–Crippen LogP) is 2.95. The van der Waals surface area contributed by atoms with Crippen molar-refractivity contribution in [3.63, 3.8) is 0 Å². The van der Waals surface area contributed by atoms with Gasteiger partial charge in [-0.3, -0.25) is 11.3 Å². The highest BCUT2D eigenvalue weighted by Gasteiger charge is 2.29. The van der Waals surface area contributed by atoms with Crippen LogP contribution >= 0.6 is 11.6 Å². The number of hydrogen-bond acceptors (Lipinski definition) is 2. The minimum atomic E-state index is 0.214. The number of rotatable bonds is 3. The van der Waals surface area contributed by atoms with E-state index in [0.717, 1.165) is 16.1 Å². The smallest absolute Gasteiger partial charge is 0.0502 e. The summed E-state index contributed by atoms with van der Waals surface area (Å²) in [5.41, 5.74) is 5.17. The van der Waals surface area contributed by atoms with E-state index in [0.29, 0.717) is 5.92 Å². The molecule has 1 saturated carbocycles. The summed E-state index contributed by atoms with van der Waals surface area (Å²) in [6.45, 7) is 2.03. The van der Waals surface area contributed by atoms with Crippen molar-refractivity contribution in [3.8, 4) is 0 Å². The van der Waals surface area contributed by atoms with Crippen LogP contribution in [0.2, 0.25) is 5.02 Å². The zero-order chi connectivity index (χ0) is 10.8. The predicted molar refractivity (Wildman–Crippen MR) is 63.6 cm³/mol. The summed E-state index contributed by atoms with van der Waals surface area (Å²) in [7, 11) is 0. The van der Waals surface area contributed by atoms with E-state index in [1.165, 1.54) is 19.3 Å². The Morgan fingerprint density at radius 2 is 2.20 bits per heavy atom. The average molecular weight is 225 g/mol. The highest BCUT2D eigenvalue weighted by atomic mass is 35.5. The van der Waals surface area contributed by atoms with Gasteiger partial charge in [0.05, 0.1) is 6.04 Å². The Kier molecular flexibility index (Phi) is 3.29. The molecule has 1 atom stereocenters. The number of nitrogens with one attached hydrogen (secondary N) is 1. The monoisotopic (exact) mass is 224 g/mol. The molecule has 1 aromatic carbocycles. The molecule has 82 valence electrons. The van der Waals surface area contributed by atoms with Crippen molar-refractivity contribution in [2.45, 2.75) is 32.2 Å². The van der Waals surface area contributed by atoms with Gasteiger partial charge >= 0.3 is 0 Å². The molecular weight excluding hydrogens is 208 g/mol. The Hall–Kier alpha value is -0.570. The lowest BCUT2D eigenvalue weighted by Crippen LogP contribution is -2.36. The topological polar surface area (TPSA) is 38.0 Å². The molecule has 1 aromatic rings. The van der Waals surface area contributed by atoms with Gasteiger partial charge in [0.1, 0.15) is 0 Å². The first-order valence-electron chi connectivity index (χ1n) is 5.45. The molecule has 0 heterocycles. The van der Waals surface area contributed by atoms with Crippen molar-refractivity contribution >= 4 is 11.6 Å². The Bertz CT molecular complexity index is 347. The van der Waals surface area contributed by atoms with Gasteiger partial charge in [-0.25, -0.2) is 0 Å². The molecule has 2 nitrogen and oxygen atoms in total. The van der Waals surface area contributed by atoms with Gasteiger partial charge in [0.15, 0.2) is 0 Å². The van der Waals surface area contributed by atoms with Gasteiger partial charge in [-0.05, 0) is 36.8 Å². The lowest BCUT2D eigenvalue weighted by molar-refractivity contribution is 0.232. The quantitative estimate of drug-likeness (QED) is 0.612. The summed E-state index contributed by atoms with van der Waals surface area (Å²) < 4.78 is 0. The SMILES string of the molecule is Cc1cccc(C(NN)C2CCC2)c1Cl. The Balaban J connectivity index is 2.29. The van der Waals surface area contributed by atoms with Gasteiger partial charge in [0, 0.05) is 5.02 Å². The first-order valence-corrected chi connectivity index (χ1v) is 5.83. The third-order valence-electron chi connectivity index (χ3n) is 3.36. The van der Waals surface area contributed by atoms with Crippen molar-refractivity contribution in [2.75, 3.05) is 0 Å². The van der Waals surface area contributed by atoms with Crippen molar-refractivity contribution < 1.29 is 0 Å². The minimum Gasteiger partial charge on any atom is -0.271 e. The molecular formula is C12H17ClN2. The fourth-order valence-corrected chi connectivity index (χ4v) is 2.41. The van der Waals surface area contributed by atoms with E-state index >= 15 is 0 Å². The molecule has 0 bridgehead atoms. The molecule has 0 spiro atoms. The number of nitrogens with two attached hydrogens (primary N) is 1. The lowest BCUT2D eigenvalue weighted by Gasteiger charge is -2.34. The van der Waals surface area contributed by atoms with Crippen LogP contribution in [0, 0.1) is 12.8 Å². The number of aryl methyl sites for hydroxylation is 1. The molecule has 0 aromatic heterocycles. The second-order valence-corrected chi connectivity index (χ2v) is 4.69. The average Bonchev–Trinajstić information content (AvgIpc) is 2.16. The third-order valence-corrected chi connectivity index (χ3v) is 3.87. The summed E-state index contributed by atoms with van der Waals surface area (Å²) in [5.74, 6) is 6.27. The maximum atomic E-state index is 6.30. The molecule has 0 radical (unpaired) electrons. The first kappa shape index (κ1) is 10.9. The second kappa shape index (κ2) is 4.52. The van der Waals surface area contributed by atoms with Crippen LogP contribution in [0.4, 0.5) is 0 Å². The van der Waals surface area contributed by atoms with E-state index < -0.39 is 0 Å². The number of benzene rings is 1. The van der Waals surface area contributed by atoms with E-state index in [4.69, 9.17) is 17.4 Å². The van der Waals surface area contributed by atoms with Crippen LogP contribution in [-0.4, -0.2) is 0 Å². The Morgan fingerprint density at radius 3 is 2.73 bits per heavy atom. The molecule has 3 N–H and O–H groups in total. The van der Waals surface area contributed by atoms with Crippen LogP contribution in [0.5, 0.6) is 0 Å². The maximum absolute atomic E-state index is 6.30. The number of hydrazine groups is 1. The van der Waals surface area contributed by atoms with Crippen LogP contribution in [-0.2, 0) is 0 Å². The van der Waals surface area contributed by atoms with Gasteiger partial charge in [0.25, 0.3) is 0 Å². The molecule has 0 saturated heterocycles. The summed E-state index contributed by atoms with van der Waals surface area (Å²) in [5, 5.41) is 0.854. The first-order chi connectivity index (χ1) is 7.24. The van der Waals surface area contributed by atoms with Crippen molar-refractivity contribution in [3.05, 3.63) is 34.3 Å². The normalized spacial score (nSPS) is 18.6. The Morgan fingerprint density at radius 1 is 1.47 bits per heavy atom. The number of hydrogen-bond donors (Lipinski definition) is 2. The molecule has 1 unspecified atom stereocenters. The molecule has 1 aliphatic rings. The molecule has 0 aliphatic heterocycles. The van der Waals surface area contributed by atoms with E-state index in [9.17, 15) is 0 Å². The van der Waals surface area contributed by atoms with Gasteiger partial charge in [0.2, 0.25) is 0 Å². The summed E-state index contributed by atoms with van der Waals surface area (Å²) in [6, 6.07) is 6.35. The zero-order valence-corrected chi connectivity index (χ0v) is 9.72. The lowest BCUT2D eigenvalue weighted by atomic mass is 9.77. The standard InChI is InChI=1S/C12H17ClN2/c1-8-4-2-7-10(11(8)13)12(15-14)9-5-3-6-9/h2,4,7,9,12,15H,3,5-6,14H2,1H3. The molecule has 1 aliphatic carbocycles. The van der Waals surface area contributed by atoms with Gasteiger partial charge in [-0.1, -0.05) is 36.2 Å². The highest BCUT2D eigenvalue weighted by Crippen LogP contribution is 2.39.